The first-order valence-corrected chi connectivity index (χ1v) is 5.05. The number of hydrogen-bond acceptors (Lipinski definition) is 3. The molecule has 0 bridgehead atoms. The monoisotopic (exact) mass is 187 g/mol. The molecular weight excluding hydrogens is 174 g/mol. The molecule has 0 spiro atoms. The Kier molecular flexibility index (Phi) is 2.45. The van der Waals surface area contributed by atoms with Crippen LogP contribution in [0.25, 0.3) is 0 Å². The Hall–Kier alpha value is -1.43. The van der Waals surface area contributed by atoms with Crippen LogP contribution in [-0.4, -0.2) is 9.97 Å². The van der Waals surface area contributed by atoms with Crippen LogP contribution in [0.5, 0.6) is 0 Å². The molecule has 0 radical (unpaired) electrons. The van der Waals surface area contributed by atoms with E-state index in [0.29, 0.717) is 17.4 Å². The Morgan fingerprint density at radius 1 is 1.36 bits per heavy atom. The lowest BCUT2D eigenvalue weighted by molar-refractivity contribution is 0.688. The van der Waals surface area contributed by atoms with Crippen molar-refractivity contribution in [2.24, 2.45) is 0 Å². The molecule has 3 heteroatoms. The zero-order valence-corrected chi connectivity index (χ0v) is 8.32. The van der Waals surface area contributed by atoms with E-state index in [1.165, 1.54) is 25.7 Å². The molecule has 14 heavy (non-hydrogen) atoms. The summed E-state index contributed by atoms with van der Waals surface area (Å²) < 4.78 is 0. The quantitative estimate of drug-likeness (QED) is 0.677. The van der Waals surface area contributed by atoms with E-state index in [4.69, 9.17) is 5.26 Å². The Balaban J connectivity index is 2.33. The lowest BCUT2D eigenvalue weighted by Crippen LogP contribution is -2.01. The summed E-state index contributed by atoms with van der Waals surface area (Å²) in [6.07, 6.45) is 4.99. The highest BCUT2D eigenvalue weighted by atomic mass is 14.9. The van der Waals surface area contributed by atoms with E-state index >= 15 is 0 Å². The van der Waals surface area contributed by atoms with Crippen LogP contribution in [0, 0.1) is 18.3 Å². The molecule has 1 heterocycles. The summed E-state index contributed by atoms with van der Waals surface area (Å²) >= 11 is 0. The molecule has 0 amide bonds. The zero-order chi connectivity index (χ0) is 9.97. The maximum atomic E-state index is 8.79. The van der Waals surface area contributed by atoms with Crippen molar-refractivity contribution in [1.82, 2.24) is 9.97 Å². The van der Waals surface area contributed by atoms with Crippen molar-refractivity contribution < 1.29 is 0 Å². The molecule has 3 nitrogen and oxygen atoms in total. The van der Waals surface area contributed by atoms with E-state index < -0.39 is 0 Å². The molecule has 1 aromatic rings. The van der Waals surface area contributed by atoms with Gasteiger partial charge in [-0.25, -0.2) is 9.97 Å². The molecule has 1 fully saturated rings. The van der Waals surface area contributed by atoms with Gasteiger partial charge in [-0.2, -0.15) is 5.26 Å². The topological polar surface area (TPSA) is 49.6 Å². The predicted octanol–water partition coefficient (Wildman–Crippen LogP) is 2.31. The van der Waals surface area contributed by atoms with Crippen LogP contribution >= 0.6 is 0 Å². The second-order valence-electron chi connectivity index (χ2n) is 3.82. The van der Waals surface area contributed by atoms with Crippen molar-refractivity contribution >= 4 is 0 Å². The number of hydrogen-bond donors (Lipinski definition) is 0. The lowest BCUT2D eigenvalue weighted by Gasteiger charge is -2.08. The van der Waals surface area contributed by atoms with Crippen LogP contribution in [-0.2, 0) is 0 Å². The van der Waals surface area contributed by atoms with Gasteiger partial charge in [-0.1, -0.05) is 12.8 Å². The van der Waals surface area contributed by atoms with Gasteiger partial charge in [-0.3, -0.25) is 0 Å². The van der Waals surface area contributed by atoms with Gasteiger partial charge in [0.05, 0.1) is 0 Å². The van der Waals surface area contributed by atoms with Crippen molar-refractivity contribution in [1.29, 1.82) is 5.26 Å². The van der Waals surface area contributed by atoms with Crippen molar-refractivity contribution in [3.63, 3.8) is 0 Å². The number of nitrogens with zero attached hydrogens (tertiary/aromatic N) is 3. The van der Waals surface area contributed by atoms with E-state index in [9.17, 15) is 0 Å². The molecule has 0 aromatic carbocycles. The number of aryl methyl sites for hydroxylation is 1. The summed E-state index contributed by atoms with van der Waals surface area (Å²) in [6.45, 7) is 1.85. The third-order valence-electron chi connectivity index (χ3n) is 2.75. The van der Waals surface area contributed by atoms with Crippen LogP contribution in [0.3, 0.4) is 0 Å². The smallest absolute Gasteiger partial charge is 0.144 e. The highest BCUT2D eigenvalue weighted by molar-refractivity contribution is 5.25. The maximum absolute atomic E-state index is 8.79. The summed E-state index contributed by atoms with van der Waals surface area (Å²) in [7, 11) is 0. The fraction of sp³-hybridized carbons (Fsp3) is 0.545. The van der Waals surface area contributed by atoms with E-state index in [2.05, 4.69) is 16.0 Å². The van der Waals surface area contributed by atoms with Crippen LogP contribution < -0.4 is 0 Å². The second kappa shape index (κ2) is 3.75. The van der Waals surface area contributed by atoms with E-state index in [1.807, 2.05) is 13.0 Å². The van der Waals surface area contributed by atoms with E-state index in [-0.39, 0.29) is 0 Å². The third kappa shape index (κ3) is 1.74. The van der Waals surface area contributed by atoms with Gasteiger partial charge in [-0.15, -0.1) is 0 Å². The van der Waals surface area contributed by atoms with E-state index in [1.54, 1.807) is 0 Å². The van der Waals surface area contributed by atoms with Gasteiger partial charge in [0.15, 0.2) is 0 Å². The van der Waals surface area contributed by atoms with E-state index in [0.717, 1.165) is 5.69 Å². The SMILES string of the molecule is Cc1nc(C#N)cc(C2CCCC2)n1. The van der Waals surface area contributed by atoms with Crippen molar-refractivity contribution in [3.05, 3.63) is 23.3 Å². The lowest BCUT2D eigenvalue weighted by atomic mass is 10.0. The molecule has 0 atom stereocenters. The molecule has 1 aromatic heterocycles. The first kappa shape index (κ1) is 9.14. The van der Waals surface area contributed by atoms with Crippen molar-refractivity contribution in [3.8, 4) is 6.07 Å². The Morgan fingerprint density at radius 2 is 2.07 bits per heavy atom. The highest BCUT2D eigenvalue weighted by Crippen LogP contribution is 2.32. The first-order valence-electron chi connectivity index (χ1n) is 5.05. The minimum atomic E-state index is 0.499. The van der Waals surface area contributed by atoms with Crippen molar-refractivity contribution in [2.45, 2.75) is 38.5 Å². The standard InChI is InChI=1S/C11H13N3/c1-8-13-10(7-12)6-11(14-8)9-4-2-3-5-9/h6,9H,2-5H2,1H3. The predicted molar refractivity (Wildman–Crippen MR) is 52.7 cm³/mol. The van der Waals surface area contributed by atoms with Gasteiger partial charge >= 0.3 is 0 Å². The van der Waals surface area contributed by atoms with Gasteiger partial charge in [0.25, 0.3) is 0 Å². The summed E-state index contributed by atoms with van der Waals surface area (Å²) in [5, 5.41) is 8.79. The Bertz CT molecular complexity index is 373. The molecule has 1 aliphatic carbocycles. The van der Waals surface area contributed by atoms with Gasteiger partial charge in [-0.05, 0) is 25.8 Å². The van der Waals surface area contributed by atoms with Crippen LogP contribution in [0.4, 0.5) is 0 Å². The number of nitriles is 1. The molecule has 1 aliphatic rings. The van der Waals surface area contributed by atoms with Crippen molar-refractivity contribution in [2.75, 3.05) is 0 Å². The largest absolute Gasteiger partial charge is 0.238 e. The summed E-state index contributed by atoms with van der Waals surface area (Å²) in [5.74, 6) is 1.27. The minimum absolute atomic E-state index is 0.499. The third-order valence-corrected chi connectivity index (χ3v) is 2.75. The molecule has 0 unspecified atom stereocenters. The van der Waals surface area contributed by atoms with Gasteiger partial charge in [0.1, 0.15) is 17.6 Å². The van der Waals surface area contributed by atoms with Gasteiger partial charge in [0, 0.05) is 11.6 Å². The first-order chi connectivity index (χ1) is 6.79. The molecule has 0 aliphatic heterocycles. The molecule has 0 N–H and O–H groups in total. The average Bonchev–Trinajstić information content (AvgIpc) is 2.69. The fourth-order valence-corrected chi connectivity index (χ4v) is 2.08. The van der Waals surface area contributed by atoms with Gasteiger partial charge in [0.2, 0.25) is 0 Å². The Morgan fingerprint density at radius 3 is 2.71 bits per heavy atom. The summed E-state index contributed by atoms with van der Waals surface area (Å²) in [4.78, 5) is 8.45. The summed E-state index contributed by atoms with van der Waals surface area (Å²) in [6, 6.07) is 3.92. The van der Waals surface area contributed by atoms with Crippen LogP contribution in [0.2, 0.25) is 0 Å². The van der Waals surface area contributed by atoms with Gasteiger partial charge < -0.3 is 0 Å². The number of aromatic nitrogens is 2. The summed E-state index contributed by atoms with van der Waals surface area (Å²) in [5.41, 5.74) is 1.56. The average molecular weight is 187 g/mol. The molecule has 2 rings (SSSR count). The molecule has 72 valence electrons. The fourth-order valence-electron chi connectivity index (χ4n) is 2.08. The van der Waals surface area contributed by atoms with Crippen LogP contribution in [0.1, 0.15) is 48.8 Å². The molecule has 1 saturated carbocycles. The molecular formula is C11H13N3. The van der Waals surface area contributed by atoms with Crippen LogP contribution in [0.15, 0.2) is 6.07 Å². The maximum Gasteiger partial charge on any atom is 0.144 e. The second-order valence-corrected chi connectivity index (χ2v) is 3.82. The minimum Gasteiger partial charge on any atom is -0.238 e. The number of rotatable bonds is 1. The zero-order valence-electron chi connectivity index (χ0n) is 8.32. The Labute approximate surface area is 83.8 Å². The normalized spacial score (nSPS) is 16.9. The highest BCUT2D eigenvalue weighted by Gasteiger charge is 2.19. The molecule has 0 saturated heterocycles.